The van der Waals surface area contributed by atoms with Gasteiger partial charge in [0, 0.05) is 13.1 Å². The fourth-order valence-electron chi connectivity index (χ4n) is 2.80. The van der Waals surface area contributed by atoms with Crippen molar-refractivity contribution in [3.8, 4) is 0 Å². The van der Waals surface area contributed by atoms with Gasteiger partial charge in [0.05, 0.1) is 6.10 Å². The summed E-state index contributed by atoms with van der Waals surface area (Å²) in [5.74, 6) is 0. The fourth-order valence-corrected chi connectivity index (χ4v) is 2.80. The van der Waals surface area contributed by atoms with Gasteiger partial charge in [-0.05, 0) is 39.6 Å². The van der Waals surface area contributed by atoms with Crippen LogP contribution in [-0.2, 0) is 6.54 Å². The summed E-state index contributed by atoms with van der Waals surface area (Å²) >= 11 is 0. The van der Waals surface area contributed by atoms with Gasteiger partial charge in [-0.3, -0.25) is 0 Å². The molecule has 3 aromatic rings. The first-order valence-electron chi connectivity index (χ1n) is 7.57. The number of hydrogen-bond acceptors (Lipinski definition) is 2. The lowest BCUT2D eigenvalue weighted by atomic mass is 9.97. The Morgan fingerprint density at radius 1 is 0.952 bits per heavy atom. The van der Waals surface area contributed by atoms with Crippen LogP contribution in [0.25, 0.3) is 21.5 Å². The summed E-state index contributed by atoms with van der Waals surface area (Å²) in [5, 5.41) is 18.2. The third-order valence-electron chi connectivity index (χ3n) is 4.02. The molecule has 3 aromatic carbocycles. The summed E-state index contributed by atoms with van der Waals surface area (Å²) in [6, 6.07) is 19.3. The summed E-state index contributed by atoms with van der Waals surface area (Å²) in [6.07, 6.45) is 0.516. The average molecular weight is 279 g/mol. The van der Waals surface area contributed by atoms with E-state index in [0.717, 1.165) is 13.0 Å². The maximum atomic E-state index is 9.66. The Hall–Kier alpha value is -1.90. The Bertz CT molecular complexity index is 751. The standard InChI is InChI=1S/C19H21NO/c1-2-16(21)13-20-12-15-11-14-7-3-4-8-17(14)19-10-6-5-9-18(15)19/h3-11,16,20-21H,2,12-13H2,1H3. The van der Waals surface area contributed by atoms with Crippen LogP contribution < -0.4 is 5.32 Å². The molecule has 0 bridgehead atoms. The Balaban J connectivity index is 2.00. The van der Waals surface area contributed by atoms with Crippen molar-refractivity contribution in [2.45, 2.75) is 26.0 Å². The number of fused-ring (bicyclic) bond motifs is 3. The second-order valence-corrected chi connectivity index (χ2v) is 5.50. The molecule has 3 rings (SSSR count). The van der Waals surface area contributed by atoms with Crippen molar-refractivity contribution in [1.82, 2.24) is 5.32 Å². The van der Waals surface area contributed by atoms with E-state index in [4.69, 9.17) is 0 Å². The molecule has 1 atom stereocenters. The summed E-state index contributed by atoms with van der Waals surface area (Å²) in [5.41, 5.74) is 1.28. The first kappa shape index (κ1) is 14.1. The molecule has 21 heavy (non-hydrogen) atoms. The van der Waals surface area contributed by atoms with Crippen molar-refractivity contribution in [3.63, 3.8) is 0 Å². The van der Waals surface area contributed by atoms with Crippen molar-refractivity contribution < 1.29 is 5.11 Å². The minimum atomic E-state index is -0.267. The molecule has 0 amide bonds. The SMILES string of the molecule is CCC(O)CNCc1cc2ccccc2c2ccccc12. The Morgan fingerprint density at radius 2 is 1.62 bits per heavy atom. The smallest absolute Gasteiger partial charge is 0.0662 e. The molecule has 0 aromatic heterocycles. The molecule has 2 N–H and O–H groups in total. The van der Waals surface area contributed by atoms with Crippen molar-refractivity contribution in [1.29, 1.82) is 0 Å². The van der Waals surface area contributed by atoms with Crippen LogP contribution in [0.4, 0.5) is 0 Å². The molecule has 2 nitrogen and oxygen atoms in total. The van der Waals surface area contributed by atoms with E-state index < -0.39 is 0 Å². The molecule has 0 radical (unpaired) electrons. The van der Waals surface area contributed by atoms with Crippen LogP contribution in [0.2, 0.25) is 0 Å². The zero-order chi connectivity index (χ0) is 14.7. The molecule has 0 saturated heterocycles. The second-order valence-electron chi connectivity index (χ2n) is 5.50. The first-order valence-corrected chi connectivity index (χ1v) is 7.57. The molecule has 0 fully saturated rings. The third-order valence-corrected chi connectivity index (χ3v) is 4.02. The van der Waals surface area contributed by atoms with E-state index in [0.29, 0.717) is 6.54 Å². The van der Waals surface area contributed by atoms with Crippen LogP contribution >= 0.6 is 0 Å². The van der Waals surface area contributed by atoms with Crippen molar-refractivity contribution in [2.24, 2.45) is 0 Å². The van der Waals surface area contributed by atoms with Crippen molar-refractivity contribution in [3.05, 3.63) is 60.2 Å². The van der Waals surface area contributed by atoms with E-state index in [9.17, 15) is 5.11 Å². The average Bonchev–Trinajstić information content (AvgIpc) is 2.54. The summed E-state index contributed by atoms with van der Waals surface area (Å²) in [4.78, 5) is 0. The fraction of sp³-hybridized carbons (Fsp3) is 0.263. The summed E-state index contributed by atoms with van der Waals surface area (Å²) < 4.78 is 0. The Kier molecular flexibility index (Phi) is 4.18. The zero-order valence-electron chi connectivity index (χ0n) is 12.3. The molecule has 1 unspecified atom stereocenters. The van der Waals surface area contributed by atoms with Gasteiger partial charge >= 0.3 is 0 Å². The molecular formula is C19H21NO. The minimum Gasteiger partial charge on any atom is -0.392 e. The molecule has 0 aliphatic heterocycles. The van der Waals surface area contributed by atoms with E-state index in [2.05, 4.69) is 59.9 Å². The highest BCUT2D eigenvalue weighted by Crippen LogP contribution is 2.28. The first-order chi connectivity index (χ1) is 10.3. The van der Waals surface area contributed by atoms with Crippen LogP contribution in [0, 0.1) is 0 Å². The minimum absolute atomic E-state index is 0.267. The van der Waals surface area contributed by atoms with Gasteiger partial charge in [-0.15, -0.1) is 0 Å². The Morgan fingerprint density at radius 3 is 2.38 bits per heavy atom. The van der Waals surface area contributed by atoms with Crippen molar-refractivity contribution >= 4 is 21.5 Å². The summed E-state index contributed by atoms with van der Waals surface area (Å²) in [6.45, 7) is 3.41. The van der Waals surface area contributed by atoms with Crippen LogP contribution in [-0.4, -0.2) is 17.8 Å². The molecule has 0 aliphatic carbocycles. The van der Waals surface area contributed by atoms with Crippen LogP contribution in [0.1, 0.15) is 18.9 Å². The molecule has 0 heterocycles. The van der Waals surface area contributed by atoms with Gasteiger partial charge in [0.25, 0.3) is 0 Å². The number of aliphatic hydroxyl groups excluding tert-OH is 1. The topological polar surface area (TPSA) is 32.3 Å². The lowest BCUT2D eigenvalue weighted by Crippen LogP contribution is -2.25. The predicted molar refractivity (Wildman–Crippen MR) is 89.5 cm³/mol. The number of aliphatic hydroxyl groups is 1. The quantitative estimate of drug-likeness (QED) is 0.695. The third kappa shape index (κ3) is 2.92. The highest BCUT2D eigenvalue weighted by molar-refractivity contribution is 6.08. The van der Waals surface area contributed by atoms with Gasteiger partial charge in [0.1, 0.15) is 0 Å². The number of benzene rings is 3. The van der Waals surface area contributed by atoms with E-state index >= 15 is 0 Å². The molecular weight excluding hydrogens is 258 g/mol. The number of hydrogen-bond donors (Lipinski definition) is 2. The van der Waals surface area contributed by atoms with Crippen LogP contribution in [0.5, 0.6) is 0 Å². The van der Waals surface area contributed by atoms with Gasteiger partial charge in [-0.2, -0.15) is 0 Å². The van der Waals surface area contributed by atoms with Crippen LogP contribution in [0.15, 0.2) is 54.6 Å². The van der Waals surface area contributed by atoms with Gasteiger partial charge in [0.15, 0.2) is 0 Å². The molecule has 0 spiro atoms. The highest BCUT2D eigenvalue weighted by atomic mass is 16.3. The number of nitrogens with one attached hydrogen (secondary N) is 1. The largest absolute Gasteiger partial charge is 0.392 e. The molecule has 0 saturated carbocycles. The maximum Gasteiger partial charge on any atom is 0.0662 e. The van der Waals surface area contributed by atoms with Gasteiger partial charge in [0.2, 0.25) is 0 Å². The monoisotopic (exact) mass is 279 g/mol. The molecule has 108 valence electrons. The Labute approximate surface area is 125 Å². The van der Waals surface area contributed by atoms with Crippen LogP contribution in [0.3, 0.4) is 0 Å². The van der Waals surface area contributed by atoms with E-state index in [-0.39, 0.29) is 6.10 Å². The number of rotatable bonds is 5. The van der Waals surface area contributed by atoms with Gasteiger partial charge < -0.3 is 10.4 Å². The van der Waals surface area contributed by atoms with Gasteiger partial charge in [-0.1, -0.05) is 55.5 Å². The summed E-state index contributed by atoms with van der Waals surface area (Å²) in [7, 11) is 0. The van der Waals surface area contributed by atoms with E-state index in [1.807, 2.05) is 6.92 Å². The van der Waals surface area contributed by atoms with E-state index in [1.54, 1.807) is 0 Å². The highest BCUT2D eigenvalue weighted by Gasteiger charge is 2.06. The lowest BCUT2D eigenvalue weighted by molar-refractivity contribution is 0.167. The normalized spacial score (nSPS) is 12.9. The van der Waals surface area contributed by atoms with Gasteiger partial charge in [-0.25, -0.2) is 0 Å². The second kappa shape index (κ2) is 6.25. The maximum absolute atomic E-state index is 9.66. The van der Waals surface area contributed by atoms with E-state index in [1.165, 1.54) is 27.1 Å². The zero-order valence-corrected chi connectivity index (χ0v) is 12.3. The predicted octanol–water partition coefficient (Wildman–Crippen LogP) is 3.85. The molecule has 0 aliphatic rings. The molecule has 2 heteroatoms. The lowest BCUT2D eigenvalue weighted by Gasteiger charge is -2.13. The van der Waals surface area contributed by atoms with Crippen molar-refractivity contribution in [2.75, 3.05) is 6.54 Å².